The maximum Gasteiger partial charge on any atom is 0.105 e. The average Bonchev–Trinajstić information content (AvgIpc) is 2.56. The second kappa shape index (κ2) is 7.08. The lowest BCUT2D eigenvalue weighted by atomic mass is 9.93. The lowest BCUT2D eigenvalue weighted by Gasteiger charge is -2.34. The molecule has 0 spiro atoms. The monoisotopic (exact) mass is 253 g/mol. The fourth-order valence-corrected chi connectivity index (χ4v) is 2.70. The smallest absolute Gasteiger partial charge is 0.105 e. The van der Waals surface area contributed by atoms with Crippen LogP contribution in [0.15, 0.2) is 0 Å². The molecule has 0 aromatic rings. The Morgan fingerprint density at radius 3 is 2.67 bits per heavy atom. The Kier molecular flexibility index (Phi) is 6.07. The number of nitrogens with zero attached hydrogens (tertiary/aromatic N) is 2. The third-order valence-corrected chi connectivity index (χ3v) is 3.44. The molecule has 4 heteroatoms. The van der Waals surface area contributed by atoms with E-state index in [4.69, 9.17) is 4.74 Å². The van der Waals surface area contributed by atoms with Crippen LogP contribution in [0.4, 0.5) is 0 Å². The second-order valence-corrected chi connectivity index (χ2v) is 5.80. The van der Waals surface area contributed by atoms with Gasteiger partial charge in [-0.2, -0.15) is 5.26 Å². The molecule has 104 valence electrons. The molecular weight excluding hydrogens is 226 g/mol. The summed E-state index contributed by atoms with van der Waals surface area (Å²) in [6.07, 6.45) is 1.94. The van der Waals surface area contributed by atoms with Crippen molar-refractivity contribution in [2.24, 2.45) is 0 Å². The first-order chi connectivity index (χ1) is 8.47. The first-order valence-electron chi connectivity index (χ1n) is 6.97. The molecule has 1 saturated heterocycles. The molecule has 1 rings (SSSR count). The molecule has 0 radical (unpaired) electrons. The molecule has 0 aromatic heterocycles. The Bertz CT molecular complexity index is 279. The van der Waals surface area contributed by atoms with Crippen molar-refractivity contribution in [3.8, 4) is 6.07 Å². The minimum Gasteiger partial charge on any atom is -0.380 e. The van der Waals surface area contributed by atoms with Gasteiger partial charge >= 0.3 is 0 Å². The topological polar surface area (TPSA) is 48.3 Å². The van der Waals surface area contributed by atoms with Crippen LogP contribution in [-0.2, 0) is 4.74 Å². The van der Waals surface area contributed by atoms with Gasteiger partial charge in [0.05, 0.1) is 12.7 Å². The number of hydrogen-bond donors (Lipinski definition) is 1. The Hall–Kier alpha value is -0.630. The van der Waals surface area contributed by atoms with Gasteiger partial charge in [-0.1, -0.05) is 0 Å². The maximum absolute atomic E-state index is 9.38. The van der Waals surface area contributed by atoms with Gasteiger partial charge in [-0.25, -0.2) is 0 Å². The van der Waals surface area contributed by atoms with Crippen LogP contribution in [0.2, 0.25) is 0 Å². The van der Waals surface area contributed by atoms with Gasteiger partial charge in [-0.05, 0) is 40.5 Å². The highest BCUT2D eigenvalue weighted by molar-refractivity contribution is 5.06. The van der Waals surface area contributed by atoms with Crippen molar-refractivity contribution in [2.45, 2.75) is 58.2 Å². The first-order valence-corrected chi connectivity index (χ1v) is 6.97. The SMILES string of the molecule is CC(C)NC(C)(C#N)CC(C)N1CCCOCC1. The number of hydrogen-bond acceptors (Lipinski definition) is 4. The summed E-state index contributed by atoms with van der Waals surface area (Å²) in [6.45, 7) is 12.1. The Balaban J connectivity index is 2.55. The molecule has 1 N–H and O–H groups in total. The molecule has 1 aliphatic heterocycles. The van der Waals surface area contributed by atoms with Crippen LogP contribution in [0.5, 0.6) is 0 Å². The van der Waals surface area contributed by atoms with Crippen molar-refractivity contribution >= 4 is 0 Å². The standard InChI is InChI=1S/C14H27N3O/c1-12(2)16-14(4,11-15)10-13(3)17-6-5-8-18-9-7-17/h12-13,16H,5-10H2,1-4H3. The van der Waals surface area contributed by atoms with Gasteiger partial charge in [0.1, 0.15) is 5.54 Å². The van der Waals surface area contributed by atoms with E-state index in [2.05, 4.69) is 37.1 Å². The predicted molar refractivity (Wildman–Crippen MR) is 73.4 cm³/mol. The highest BCUT2D eigenvalue weighted by Crippen LogP contribution is 2.17. The average molecular weight is 253 g/mol. The Labute approximate surface area is 111 Å². The molecule has 0 amide bonds. The molecule has 0 aromatic carbocycles. The largest absolute Gasteiger partial charge is 0.380 e. The maximum atomic E-state index is 9.38. The van der Waals surface area contributed by atoms with E-state index in [0.717, 1.165) is 39.1 Å². The van der Waals surface area contributed by atoms with E-state index in [1.54, 1.807) is 0 Å². The quantitative estimate of drug-likeness (QED) is 0.811. The van der Waals surface area contributed by atoms with Crippen molar-refractivity contribution < 1.29 is 4.74 Å². The van der Waals surface area contributed by atoms with Crippen molar-refractivity contribution in [1.82, 2.24) is 10.2 Å². The van der Waals surface area contributed by atoms with Crippen molar-refractivity contribution in [3.63, 3.8) is 0 Å². The normalized spacial score (nSPS) is 23.1. The molecule has 1 aliphatic rings. The Morgan fingerprint density at radius 2 is 2.06 bits per heavy atom. The summed E-state index contributed by atoms with van der Waals surface area (Å²) in [6, 6.07) is 3.16. The zero-order valence-corrected chi connectivity index (χ0v) is 12.2. The van der Waals surface area contributed by atoms with Crippen LogP contribution in [0.25, 0.3) is 0 Å². The van der Waals surface area contributed by atoms with Gasteiger partial charge in [0.25, 0.3) is 0 Å². The van der Waals surface area contributed by atoms with Crippen molar-refractivity contribution in [2.75, 3.05) is 26.3 Å². The highest BCUT2D eigenvalue weighted by atomic mass is 16.5. The summed E-state index contributed by atoms with van der Waals surface area (Å²) < 4.78 is 5.47. The van der Waals surface area contributed by atoms with Crippen LogP contribution in [0.3, 0.4) is 0 Å². The number of nitriles is 1. The molecule has 18 heavy (non-hydrogen) atoms. The van der Waals surface area contributed by atoms with Crippen LogP contribution in [-0.4, -0.2) is 48.8 Å². The fraction of sp³-hybridized carbons (Fsp3) is 0.929. The molecule has 1 heterocycles. The summed E-state index contributed by atoms with van der Waals surface area (Å²) in [5.74, 6) is 0. The van der Waals surface area contributed by atoms with E-state index in [1.807, 2.05) is 6.92 Å². The molecule has 2 unspecified atom stereocenters. The molecule has 0 bridgehead atoms. The summed E-state index contributed by atoms with van der Waals surface area (Å²) in [5.41, 5.74) is -0.444. The van der Waals surface area contributed by atoms with E-state index >= 15 is 0 Å². The number of nitrogens with one attached hydrogen (secondary N) is 1. The van der Waals surface area contributed by atoms with E-state index in [9.17, 15) is 5.26 Å². The van der Waals surface area contributed by atoms with Crippen molar-refractivity contribution in [1.29, 1.82) is 5.26 Å². The third-order valence-electron chi connectivity index (χ3n) is 3.44. The summed E-state index contributed by atoms with van der Waals surface area (Å²) in [4.78, 5) is 2.44. The highest BCUT2D eigenvalue weighted by Gasteiger charge is 2.29. The second-order valence-electron chi connectivity index (χ2n) is 5.80. The van der Waals surface area contributed by atoms with Gasteiger partial charge in [0, 0.05) is 31.8 Å². The van der Waals surface area contributed by atoms with E-state index in [1.165, 1.54) is 0 Å². The summed E-state index contributed by atoms with van der Waals surface area (Å²) in [7, 11) is 0. The van der Waals surface area contributed by atoms with Gasteiger partial charge in [0.15, 0.2) is 0 Å². The lowest BCUT2D eigenvalue weighted by molar-refractivity contribution is 0.127. The molecule has 0 aliphatic carbocycles. The van der Waals surface area contributed by atoms with E-state index in [-0.39, 0.29) is 0 Å². The molecular formula is C14H27N3O. The summed E-state index contributed by atoms with van der Waals surface area (Å²) >= 11 is 0. The van der Waals surface area contributed by atoms with Crippen LogP contribution in [0.1, 0.15) is 40.5 Å². The summed E-state index contributed by atoms with van der Waals surface area (Å²) in [5, 5.41) is 12.8. The third kappa shape index (κ3) is 4.93. The van der Waals surface area contributed by atoms with Gasteiger partial charge in [-0.3, -0.25) is 10.2 Å². The van der Waals surface area contributed by atoms with Gasteiger partial charge in [0.2, 0.25) is 0 Å². The predicted octanol–water partition coefficient (Wildman–Crippen LogP) is 1.77. The zero-order valence-electron chi connectivity index (χ0n) is 12.2. The van der Waals surface area contributed by atoms with E-state index < -0.39 is 5.54 Å². The number of rotatable bonds is 5. The van der Waals surface area contributed by atoms with Crippen molar-refractivity contribution in [3.05, 3.63) is 0 Å². The van der Waals surface area contributed by atoms with E-state index in [0.29, 0.717) is 12.1 Å². The minimum atomic E-state index is -0.444. The molecule has 1 fully saturated rings. The minimum absolute atomic E-state index is 0.328. The Morgan fingerprint density at radius 1 is 1.33 bits per heavy atom. The van der Waals surface area contributed by atoms with Crippen LogP contribution < -0.4 is 5.32 Å². The van der Waals surface area contributed by atoms with Gasteiger partial charge < -0.3 is 4.74 Å². The lowest BCUT2D eigenvalue weighted by Crippen LogP contribution is -2.50. The van der Waals surface area contributed by atoms with Gasteiger partial charge in [-0.15, -0.1) is 0 Å². The molecule has 4 nitrogen and oxygen atoms in total. The van der Waals surface area contributed by atoms with Crippen LogP contribution in [0, 0.1) is 11.3 Å². The first kappa shape index (κ1) is 15.4. The van der Waals surface area contributed by atoms with Crippen LogP contribution >= 0.6 is 0 Å². The number of ether oxygens (including phenoxy) is 1. The fourth-order valence-electron chi connectivity index (χ4n) is 2.70. The molecule has 0 saturated carbocycles. The molecule has 2 atom stereocenters. The zero-order chi connectivity index (χ0) is 13.6.